The smallest absolute Gasteiger partial charge is 0.330 e. The van der Waals surface area contributed by atoms with Crippen LogP contribution < -0.4 is 0 Å². The van der Waals surface area contributed by atoms with Crippen LogP contribution in [0.2, 0.25) is 0 Å². The van der Waals surface area contributed by atoms with E-state index in [0.717, 1.165) is 24.8 Å². The summed E-state index contributed by atoms with van der Waals surface area (Å²) in [7, 11) is 2.32. The van der Waals surface area contributed by atoms with E-state index >= 15 is 0 Å². The van der Waals surface area contributed by atoms with Crippen molar-refractivity contribution in [2.24, 2.45) is 5.41 Å². The van der Waals surface area contributed by atoms with Crippen molar-refractivity contribution in [1.82, 2.24) is 0 Å². The Morgan fingerprint density at radius 1 is 1.27 bits per heavy atom. The molecule has 1 atom stereocenters. The van der Waals surface area contributed by atoms with E-state index in [1.54, 1.807) is 31.2 Å². The van der Waals surface area contributed by atoms with Crippen LogP contribution in [0.5, 0.6) is 0 Å². The number of carbonyl (C=O) groups is 3. The lowest BCUT2D eigenvalue weighted by Gasteiger charge is -2.29. The molecule has 1 fully saturated rings. The first-order valence-electron chi connectivity index (χ1n) is 7.83. The Morgan fingerprint density at radius 3 is 2.46 bits per heavy atom. The lowest BCUT2D eigenvalue weighted by atomic mass is 9.74. The fourth-order valence-electron chi connectivity index (χ4n) is 2.96. The van der Waals surface area contributed by atoms with Gasteiger partial charge in [-0.05, 0) is 30.2 Å². The number of methoxy groups -OCH3 is 2. The molecule has 0 aliphatic carbocycles. The van der Waals surface area contributed by atoms with Gasteiger partial charge in [-0.1, -0.05) is 28.1 Å². The second kappa shape index (κ2) is 8.46. The highest BCUT2D eigenvalue weighted by Crippen LogP contribution is 2.50. The van der Waals surface area contributed by atoms with E-state index < -0.39 is 29.4 Å². The summed E-state index contributed by atoms with van der Waals surface area (Å²) >= 11 is 3.35. The zero-order chi connectivity index (χ0) is 19.3. The van der Waals surface area contributed by atoms with Gasteiger partial charge >= 0.3 is 17.9 Å². The molecule has 2 rings (SSSR count). The number of esters is 3. The molecule has 1 saturated heterocycles. The van der Waals surface area contributed by atoms with Crippen molar-refractivity contribution in [2.45, 2.75) is 13.0 Å². The van der Waals surface area contributed by atoms with Gasteiger partial charge < -0.3 is 18.9 Å². The monoisotopic (exact) mass is 426 g/mol. The van der Waals surface area contributed by atoms with E-state index in [4.69, 9.17) is 18.9 Å². The largest absolute Gasteiger partial charge is 0.468 e. The molecule has 0 N–H and O–H groups in total. The van der Waals surface area contributed by atoms with Crippen LogP contribution in [0.4, 0.5) is 0 Å². The molecule has 0 amide bonds. The van der Waals surface area contributed by atoms with Gasteiger partial charge in [0.05, 0.1) is 27.4 Å². The predicted molar refractivity (Wildman–Crippen MR) is 94.0 cm³/mol. The van der Waals surface area contributed by atoms with E-state index in [2.05, 4.69) is 15.9 Å². The molecule has 1 unspecified atom stereocenters. The highest BCUT2D eigenvalue weighted by atomic mass is 79.9. The van der Waals surface area contributed by atoms with Crippen LogP contribution in [-0.4, -0.2) is 45.3 Å². The second-order valence-electron chi connectivity index (χ2n) is 5.46. The number of carbonyl (C=O) groups excluding carboxylic acids is 3. The molecule has 1 aliphatic heterocycles. The van der Waals surface area contributed by atoms with Crippen LogP contribution in [0.25, 0.3) is 0 Å². The summed E-state index contributed by atoms with van der Waals surface area (Å²) in [5.41, 5.74) is -1.25. The van der Waals surface area contributed by atoms with Crippen LogP contribution >= 0.6 is 15.9 Å². The average Bonchev–Trinajstić information content (AvgIpc) is 3.00. The van der Waals surface area contributed by atoms with Crippen LogP contribution in [0.15, 0.2) is 40.4 Å². The number of hydrogen-bond acceptors (Lipinski definition) is 7. The van der Waals surface area contributed by atoms with Gasteiger partial charge in [0.25, 0.3) is 0 Å². The van der Waals surface area contributed by atoms with Gasteiger partial charge in [-0.2, -0.15) is 0 Å². The molecule has 0 aromatic heterocycles. The Morgan fingerprint density at radius 2 is 1.92 bits per heavy atom. The Kier molecular flexibility index (Phi) is 6.55. The van der Waals surface area contributed by atoms with E-state index in [1.807, 2.05) is 0 Å². The number of hydrogen-bond donors (Lipinski definition) is 0. The van der Waals surface area contributed by atoms with Crippen molar-refractivity contribution >= 4 is 33.8 Å². The number of ether oxygens (including phenoxy) is 4. The number of benzene rings is 1. The third kappa shape index (κ3) is 3.52. The normalized spacial score (nSPS) is 19.8. The SMILES string of the molecule is CCOC(=O)/C=C1\COC(c2cccc(Br)c2)C1(C(=O)OC)C(=O)OC. The van der Waals surface area contributed by atoms with Crippen molar-refractivity contribution < 1.29 is 33.3 Å². The zero-order valence-corrected chi connectivity index (χ0v) is 16.2. The molecule has 140 valence electrons. The molecule has 1 aromatic rings. The maximum Gasteiger partial charge on any atom is 0.330 e. The minimum Gasteiger partial charge on any atom is -0.468 e. The Bertz CT molecular complexity index is 725. The maximum atomic E-state index is 12.7. The molecule has 1 aromatic carbocycles. The summed E-state index contributed by atoms with van der Waals surface area (Å²) in [5, 5.41) is 0. The van der Waals surface area contributed by atoms with E-state index in [9.17, 15) is 14.4 Å². The second-order valence-corrected chi connectivity index (χ2v) is 6.37. The molecular formula is C18H19BrO7. The Balaban J connectivity index is 2.66. The number of halogens is 1. The third-order valence-electron chi connectivity index (χ3n) is 4.05. The maximum absolute atomic E-state index is 12.7. The van der Waals surface area contributed by atoms with Gasteiger partial charge in [0.1, 0.15) is 6.10 Å². The minimum atomic E-state index is -1.93. The fourth-order valence-corrected chi connectivity index (χ4v) is 3.38. The Hall–Kier alpha value is -2.19. The van der Waals surface area contributed by atoms with Gasteiger partial charge in [-0.3, -0.25) is 9.59 Å². The molecule has 7 nitrogen and oxygen atoms in total. The van der Waals surface area contributed by atoms with Crippen LogP contribution in [0.3, 0.4) is 0 Å². The highest BCUT2D eigenvalue weighted by Gasteiger charge is 2.62. The molecule has 1 heterocycles. The van der Waals surface area contributed by atoms with Gasteiger partial charge in [0, 0.05) is 10.5 Å². The van der Waals surface area contributed by atoms with Gasteiger partial charge in [0.15, 0.2) is 0 Å². The van der Waals surface area contributed by atoms with Crippen LogP contribution in [0.1, 0.15) is 18.6 Å². The average molecular weight is 427 g/mol. The van der Waals surface area contributed by atoms with E-state index in [-0.39, 0.29) is 18.8 Å². The summed E-state index contributed by atoms with van der Waals surface area (Å²) in [4.78, 5) is 37.4. The van der Waals surface area contributed by atoms with Crippen LogP contribution in [-0.2, 0) is 33.3 Å². The first kappa shape index (κ1) is 20.1. The van der Waals surface area contributed by atoms with Gasteiger partial charge in [-0.25, -0.2) is 4.79 Å². The molecular weight excluding hydrogens is 408 g/mol. The first-order chi connectivity index (χ1) is 12.4. The van der Waals surface area contributed by atoms with Gasteiger partial charge in [-0.15, -0.1) is 0 Å². The summed E-state index contributed by atoms with van der Waals surface area (Å²) < 4.78 is 21.2. The zero-order valence-electron chi connectivity index (χ0n) is 14.6. The molecule has 0 bridgehead atoms. The van der Waals surface area contributed by atoms with Crippen molar-refractivity contribution in [3.05, 3.63) is 46.0 Å². The molecule has 0 saturated carbocycles. The molecule has 0 spiro atoms. The van der Waals surface area contributed by atoms with Crippen molar-refractivity contribution in [2.75, 3.05) is 27.4 Å². The van der Waals surface area contributed by atoms with E-state index in [1.165, 1.54) is 0 Å². The lowest BCUT2D eigenvalue weighted by molar-refractivity contribution is -0.171. The fraction of sp³-hybridized carbons (Fsp3) is 0.389. The quantitative estimate of drug-likeness (QED) is 0.309. The summed E-state index contributed by atoms with van der Waals surface area (Å²) in [6.07, 6.45) is 0.0792. The minimum absolute atomic E-state index is 0.125. The van der Waals surface area contributed by atoms with Crippen LogP contribution in [0, 0.1) is 5.41 Å². The molecule has 8 heteroatoms. The summed E-state index contributed by atoms with van der Waals surface area (Å²) in [5.74, 6) is -2.43. The van der Waals surface area contributed by atoms with Gasteiger partial charge in [0.2, 0.25) is 5.41 Å². The first-order valence-corrected chi connectivity index (χ1v) is 8.62. The topological polar surface area (TPSA) is 88.1 Å². The van der Waals surface area contributed by atoms with Crippen molar-refractivity contribution in [3.63, 3.8) is 0 Å². The Labute approximate surface area is 159 Å². The molecule has 26 heavy (non-hydrogen) atoms. The van der Waals surface area contributed by atoms with Crippen molar-refractivity contribution in [1.29, 1.82) is 0 Å². The standard InChI is InChI=1S/C18H19BrO7/c1-4-25-14(20)9-12-10-26-15(11-6-5-7-13(19)8-11)18(12,16(21)23-2)17(22)24-3/h5-9,15H,4,10H2,1-3H3/b12-9+. The third-order valence-corrected chi connectivity index (χ3v) is 4.54. The summed E-state index contributed by atoms with van der Waals surface area (Å²) in [6.45, 7) is 1.68. The highest BCUT2D eigenvalue weighted by molar-refractivity contribution is 9.10. The number of rotatable bonds is 5. The van der Waals surface area contributed by atoms with E-state index in [0.29, 0.717) is 5.56 Å². The van der Waals surface area contributed by atoms with Crippen molar-refractivity contribution in [3.8, 4) is 0 Å². The predicted octanol–water partition coefficient (Wildman–Crippen LogP) is 2.34. The lowest BCUT2D eigenvalue weighted by Crippen LogP contribution is -2.45. The molecule has 1 aliphatic rings. The summed E-state index contributed by atoms with van der Waals surface area (Å²) in [6, 6.07) is 6.98. The molecule has 0 radical (unpaired) electrons.